The minimum absolute atomic E-state index is 0.522. The van der Waals surface area contributed by atoms with E-state index in [0.717, 1.165) is 24.7 Å². The standard InChI is InChI=1S/C16H24N4/c1-4-20-15(9-12(2)18-20)11-19-8-7-14(10-19)16(17-3)13-5-6-13/h7-10,13,16-17H,4-6,11H2,1-3H3. The van der Waals surface area contributed by atoms with Gasteiger partial charge in [-0.15, -0.1) is 0 Å². The summed E-state index contributed by atoms with van der Waals surface area (Å²) < 4.78 is 4.36. The van der Waals surface area contributed by atoms with Crippen LogP contribution in [0.2, 0.25) is 0 Å². The molecule has 108 valence electrons. The van der Waals surface area contributed by atoms with Crippen molar-refractivity contribution in [3.63, 3.8) is 0 Å². The molecule has 1 aliphatic rings. The summed E-state index contributed by atoms with van der Waals surface area (Å²) in [4.78, 5) is 0. The maximum absolute atomic E-state index is 4.51. The van der Waals surface area contributed by atoms with Gasteiger partial charge in [-0.3, -0.25) is 4.68 Å². The van der Waals surface area contributed by atoms with Crippen molar-refractivity contribution in [1.29, 1.82) is 0 Å². The molecule has 0 aromatic carbocycles. The first-order chi connectivity index (χ1) is 9.71. The highest BCUT2D eigenvalue weighted by Gasteiger charge is 2.31. The summed E-state index contributed by atoms with van der Waals surface area (Å²) in [5.41, 5.74) is 3.79. The summed E-state index contributed by atoms with van der Waals surface area (Å²) in [6, 6.07) is 4.95. The van der Waals surface area contributed by atoms with E-state index in [1.54, 1.807) is 0 Å². The molecule has 1 unspecified atom stereocenters. The van der Waals surface area contributed by atoms with Gasteiger partial charge in [-0.05, 0) is 57.4 Å². The molecular formula is C16H24N4. The second-order valence-corrected chi connectivity index (χ2v) is 5.81. The van der Waals surface area contributed by atoms with Gasteiger partial charge >= 0.3 is 0 Å². The lowest BCUT2D eigenvalue weighted by molar-refractivity contribution is 0.527. The van der Waals surface area contributed by atoms with Crippen molar-refractivity contribution >= 4 is 0 Å². The predicted molar refractivity (Wildman–Crippen MR) is 80.7 cm³/mol. The average Bonchev–Trinajstić information content (AvgIpc) is 3.05. The predicted octanol–water partition coefficient (Wildman–Crippen LogP) is 2.73. The van der Waals surface area contributed by atoms with Crippen molar-refractivity contribution in [1.82, 2.24) is 19.7 Å². The Morgan fingerprint density at radius 3 is 2.90 bits per heavy atom. The third-order valence-corrected chi connectivity index (χ3v) is 4.17. The first-order valence-corrected chi connectivity index (χ1v) is 7.57. The van der Waals surface area contributed by atoms with Gasteiger partial charge in [0.2, 0.25) is 0 Å². The molecule has 1 aliphatic carbocycles. The normalized spacial score (nSPS) is 16.6. The molecule has 1 atom stereocenters. The van der Waals surface area contributed by atoms with Crippen LogP contribution in [0.5, 0.6) is 0 Å². The van der Waals surface area contributed by atoms with Crippen molar-refractivity contribution in [2.75, 3.05) is 7.05 Å². The van der Waals surface area contributed by atoms with Crippen LogP contribution >= 0.6 is 0 Å². The van der Waals surface area contributed by atoms with E-state index in [1.807, 2.05) is 0 Å². The molecule has 3 rings (SSSR count). The topological polar surface area (TPSA) is 34.8 Å². The fourth-order valence-electron chi connectivity index (χ4n) is 3.03. The summed E-state index contributed by atoms with van der Waals surface area (Å²) in [5, 5.41) is 7.97. The molecule has 0 aliphatic heterocycles. The van der Waals surface area contributed by atoms with E-state index >= 15 is 0 Å². The summed E-state index contributed by atoms with van der Waals surface area (Å²) >= 11 is 0. The zero-order valence-corrected chi connectivity index (χ0v) is 12.6. The van der Waals surface area contributed by atoms with Gasteiger partial charge in [0.1, 0.15) is 0 Å². The largest absolute Gasteiger partial charge is 0.348 e. The first-order valence-electron chi connectivity index (χ1n) is 7.57. The number of nitrogens with one attached hydrogen (secondary N) is 1. The van der Waals surface area contributed by atoms with E-state index in [1.165, 1.54) is 24.1 Å². The van der Waals surface area contributed by atoms with Crippen LogP contribution in [0.3, 0.4) is 0 Å². The molecule has 0 spiro atoms. The number of hydrogen-bond acceptors (Lipinski definition) is 2. The Hall–Kier alpha value is -1.55. The molecule has 2 heterocycles. The summed E-state index contributed by atoms with van der Waals surface area (Å²) in [6.07, 6.45) is 7.18. The molecule has 0 bridgehead atoms. The van der Waals surface area contributed by atoms with Crippen LogP contribution in [0.15, 0.2) is 24.5 Å². The molecule has 20 heavy (non-hydrogen) atoms. The maximum Gasteiger partial charge on any atom is 0.0639 e. The lowest BCUT2D eigenvalue weighted by Crippen LogP contribution is -2.17. The second kappa shape index (κ2) is 5.44. The Kier molecular flexibility index (Phi) is 3.66. The number of aryl methyl sites for hydroxylation is 2. The summed E-state index contributed by atoms with van der Waals surface area (Å²) in [7, 11) is 2.07. The molecule has 1 fully saturated rings. The van der Waals surface area contributed by atoms with Crippen LogP contribution in [0.25, 0.3) is 0 Å². The first kappa shape index (κ1) is 13.4. The number of rotatable bonds is 6. The van der Waals surface area contributed by atoms with E-state index in [-0.39, 0.29) is 0 Å². The van der Waals surface area contributed by atoms with Crippen molar-refractivity contribution in [2.24, 2.45) is 5.92 Å². The van der Waals surface area contributed by atoms with Crippen LogP contribution in [0.4, 0.5) is 0 Å². The lowest BCUT2D eigenvalue weighted by Gasteiger charge is -2.13. The van der Waals surface area contributed by atoms with Crippen LogP contribution in [-0.4, -0.2) is 21.4 Å². The molecule has 4 nitrogen and oxygen atoms in total. The third kappa shape index (κ3) is 2.66. The number of hydrogen-bond donors (Lipinski definition) is 1. The molecule has 0 radical (unpaired) electrons. The molecule has 0 saturated heterocycles. The van der Waals surface area contributed by atoms with Gasteiger partial charge in [-0.25, -0.2) is 0 Å². The Morgan fingerprint density at radius 1 is 1.45 bits per heavy atom. The highest BCUT2D eigenvalue weighted by atomic mass is 15.3. The van der Waals surface area contributed by atoms with Crippen LogP contribution < -0.4 is 5.32 Å². The van der Waals surface area contributed by atoms with E-state index in [2.05, 4.69) is 65.1 Å². The van der Waals surface area contributed by atoms with Crippen LogP contribution in [0, 0.1) is 12.8 Å². The Labute approximate surface area is 120 Å². The smallest absolute Gasteiger partial charge is 0.0639 e. The molecular weight excluding hydrogens is 248 g/mol. The third-order valence-electron chi connectivity index (χ3n) is 4.17. The molecule has 4 heteroatoms. The Morgan fingerprint density at radius 2 is 2.25 bits per heavy atom. The number of nitrogens with zero attached hydrogens (tertiary/aromatic N) is 3. The number of aromatic nitrogens is 3. The highest BCUT2D eigenvalue weighted by Crippen LogP contribution is 2.40. The van der Waals surface area contributed by atoms with E-state index in [9.17, 15) is 0 Å². The van der Waals surface area contributed by atoms with Crippen molar-refractivity contribution in [3.8, 4) is 0 Å². The summed E-state index contributed by atoms with van der Waals surface area (Å²) in [6.45, 7) is 6.02. The van der Waals surface area contributed by atoms with Gasteiger partial charge < -0.3 is 9.88 Å². The fraction of sp³-hybridized carbons (Fsp3) is 0.562. The van der Waals surface area contributed by atoms with Gasteiger partial charge in [0, 0.05) is 25.0 Å². The van der Waals surface area contributed by atoms with Gasteiger partial charge in [0.15, 0.2) is 0 Å². The van der Waals surface area contributed by atoms with Crippen molar-refractivity contribution < 1.29 is 0 Å². The van der Waals surface area contributed by atoms with Crippen molar-refractivity contribution in [3.05, 3.63) is 41.5 Å². The van der Waals surface area contributed by atoms with Crippen LogP contribution in [-0.2, 0) is 13.1 Å². The maximum atomic E-state index is 4.51. The second-order valence-electron chi connectivity index (χ2n) is 5.81. The average molecular weight is 272 g/mol. The van der Waals surface area contributed by atoms with Gasteiger partial charge in [0.25, 0.3) is 0 Å². The van der Waals surface area contributed by atoms with E-state index in [4.69, 9.17) is 0 Å². The van der Waals surface area contributed by atoms with Gasteiger partial charge in [0.05, 0.1) is 17.9 Å². The SMILES string of the molecule is CCn1nc(C)cc1Cn1ccc(C(NC)C2CC2)c1. The van der Waals surface area contributed by atoms with Crippen molar-refractivity contribution in [2.45, 2.75) is 45.8 Å². The summed E-state index contributed by atoms with van der Waals surface area (Å²) in [5.74, 6) is 0.833. The molecule has 2 aromatic rings. The quantitative estimate of drug-likeness (QED) is 0.877. The van der Waals surface area contributed by atoms with Gasteiger partial charge in [-0.1, -0.05) is 0 Å². The molecule has 2 aromatic heterocycles. The minimum Gasteiger partial charge on any atom is -0.348 e. The Balaban J connectivity index is 1.76. The fourth-order valence-corrected chi connectivity index (χ4v) is 3.03. The highest BCUT2D eigenvalue weighted by molar-refractivity contribution is 5.19. The zero-order chi connectivity index (χ0) is 14.1. The van der Waals surface area contributed by atoms with Gasteiger partial charge in [-0.2, -0.15) is 5.10 Å². The minimum atomic E-state index is 0.522. The molecule has 1 saturated carbocycles. The lowest BCUT2D eigenvalue weighted by atomic mass is 10.1. The zero-order valence-electron chi connectivity index (χ0n) is 12.6. The molecule has 1 N–H and O–H groups in total. The van der Waals surface area contributed by atoms with Crippen LogP contribution in [0.1, 0.15) is 42.8 Å². The molecule has 0 amide bonds. The van der Waals surface area contributed by atoms with E-state index in [0.29, 0.717) is 6.04 Å². The Bertz CT molecular complexity index is 577. The van der Waals surface area contributed by atoms with E-state index < -0.39 is 0 Å². The monoisotopic (exact) mass is 272 g/mol.